The van der Waals surface area contributed by atoms with Crippen LogP contribution in [0, 0.1) is 13.8 Å². The first-order valence-electron chi connectivity index (χ1n) is 15.6. The van der Waals surface area contributed by atoms with Gasteiger partial charge in [-0.1, -0.05) is 0 Å². The van der Waals surface area contributed by atoms with E-state index in [2.05, 4.69) is 0 Å². The summed E-state index contributed by atoms with van der Waals surface area (Å²) < 4.78 is 29.3. The molecule has 8 rings (SSSR count). The van der Waals surface area contributed by atoms with E-state index >= 15 is 4.79 Å². The maximum Gasteiger partial charge on any atom is 0.342 e. The molecule has 0 radical (unpaired) electrons. The van der Waals surface area contributed by atoms with E-state index in [1.807, 2.05) is 0 Å². The number of aromatic hydroxyl groups is 2. The van der Waals surface area contributed by atoms with Crippen LogP contribution in [0.2, 0.25) is 0 Å². The minimum Gasteiger partial charge on any atom is -0.507 e. The Morgan fingerprint density at radius 3 is 2.18 bits per heavy atom. The van der Waals surface area contributed by atoms with Crippen molar-refractivity contribution in [2.45, 2.75) is 38.2 Å². The number of pyridine rings is 1. The summed E-state index contributed by atoms with van der Waals surface area (Å²) in [6.45, 7) is 3.96. The zero-order valence-electron chi connectivity index (χ0n) is 27.7. The summed E-state index contributed by atoms with van der Waals surface area (Å²) in [7, 11) is 4.26. The molecule has 0 unspecified atom stereocenters. The lowest BCUT2D eigenvalue weighted by molar-refractivity contribution is -0.150. The number of hydrogen-bond donors (Lipinski definition) is 2. The molecule has 1 aliphatic heterocycles. The molecule has 50 heavy (non-hydrogen) atoms. The maximum absolute atomic E-state index is 15.2. The van der Waals surface area contributed by atoms with Crippen molar-refractivity contribution in [2.24, 2.45) is 0 Å². The number of hydrogen-bond acceptors (Lipinski definition) is 12. The summed E-state index contributed by atoms with van der Waals surface area (Å²) in [5.74, 6) is -3.61. The van der Waals surface area contributed by atoms with E-state index in [0.717, 1.165) is 0 Å². The van der Waals surface area contributed by atoms with Gasteiger partial charge < -0.3 is 33.9 Å². The van der Waals surface area contributed by atoms with Crippen molar-refractivity contribution in [3.63, 3.8) is 0 Å². The summed E-state index contributed by atoms with van der Waals surface area (Å²) in [5, 5.41) is 23.2. The van der Waals surface area contributed by atoms with Crippen molar-refractivity contribution in [2.75, 3.05) is 27.9 Å². The first-order valence-corrected chi connectivity index (χ1v) is 15.6. The summed E-state index contributed by atoms with van der Waals surface area (Å²) in [6.07, 6.45) is 0.0345. The highest BCUT2D eigenvalue weighted by molar-refractivity contribution is 6.19. The predicted octanol–water partition coefficient (Wildman–Crippen LogP) is 3.68. The zero-order chi connectivity index (χ0) is 35.7. The Morgan fingerprint density at radius 2 is 1.56 bits per heavy atom. The van der Waals surface area contributed by atoms with Crippen LogP contribution in [0.15, 0.2) is 40.1 Å². The van der Waals surface area contributed by atoms with Gasteiger partial charge in [0.1, 0.15) is 24.0 Å². The molecule has 4 aromatic carbocycles. The number of esters is 2. The van der Waals surface area contributed by atoms with E-state index in [9.17, 15) is 29.4 Å². The molecule has 0 saturated heterocycles. The number of benzene rings is 4. The lowest BCUT2D eigenvalue weighted by Gasteiger charge is -2.44. The van der Waals surface area contributed by atoms with Gasteiger partial charge in [0.25, 0.3) is 0 Å². The summed E-state index contributed by atoms with van der Waals surface area (Å²) in [6, 6.07) is 5.66. The number of fused-ring (bicyclic) bond motifs is 4. The lowest BCUT2D eigenvalue weighted by Crippen LogP contribution is -2.55. The fourth-order valence-electron chi connectivity index (χ4n) is 8.58. The number of ether oxygens (including phenoxy) is 5. The van der Waals surface area contributed by atoms with Gasteiger partial charge in [0.05, 0.1) is 43.7 Å². The number of methoxy groups -OCH3 is 3. The fraction of sp³-hybridized carbons (Fsp3) is 0.270. The van der Waals surface area contributed by atoms with E-state index in [0.29, 0.717) is 16.5 Å². The Kier molecular flexibility index (Phi) is 6.36. The van der Waals surface area contributed by atoms with Gasteiger partial charge in [-0.05, 0) is 53.6 Å². The number of phenolic OH excluding ortho intramolecular Hbond substituents is 1. The monoisotopic (exact) mass is 679 g/mol. The number of ketones is 1. The van der Waals surface area contributed by atoms with E-state index < -0.39 is 64.3 Å². The van der Waals surface area contributed by atoms with Crippen molar-refractivity contribution in [1.82, 2.24) is 4.57 Å². The van der Waals surface area contributed by atoms with Gasteiger partial charge in [0.2, 0.25) is 11.6 Å². The molecule has 2 heterocycles. The predicted molar refractivity (Wildman–Crippen MR) is 177 cm³/mol. The second-order valence-corrected chi connectivity index (χ2v) is 12.8. The highest BCUT2D eigenvalue weighted by atomic mass is 16.6. The third-order valence-electron chi connectivity index (χ3n) is 10.4. The Hall–Kier alpha value is -6.11. The quantitative estimate of drug-likeness (QED) is 0.258. The third kappa shape index (κ3) is 3.58. The number of phenols is 1. The molecule has 2 N–H and O–H groups in total. The molecular formula is C37H29NO12. The minimum atomic E-state index is -1.69. The average molecular weight is 680 g/mol. The van der Waals surface area contributed by atoms with Crippen molar-refractivity contribution >= 4 is 39.3 Å². The average Bonchev–Trinajstić information content (AvgIpc) is 3.28. The molecule has 5 aromatic rings. The number of Topliss-reactive ketones (excluding diaryl/α,β-unsaturated/α-hetero) is 1. The van der Waals surface area contributed by atoms with Crippen LogP contribution in [0.4, 0.5) is 0 Å². The lowest BCUT2D eigenvalue weighted by atomic mass is 9.63. The van der Waals surface area contributed by atoms with Crippen LogP contribution in [0.1, 0.15) is 61.4 Å². The van der Waals surface area contributed by atoms with Crippen LogP contribution in [0.25, 0.3) is 27.2 Å². The molecule has 2 bridgehead atoms. The van der Waals surface area contributed by atoms with Crippen molar-refractivity contribution in [3.05, 3.63) is 89.9 Å². The van der Waals surface area contributed by atoms with Crippen LogP contribution in [-0.4, -0.2) is 66.5 Å². The molecule has 13 heteroatoms. The Bertz CT molecular complexity index is 2530. The number of rotatable bonds is 5. The number of carbonyl (C=O) groups excluding carboxylic acids is 3. The van der Waals surface area contributed by atoms with Crippen molar-refractivity contribution < 1.29 is 48.3 Å². The Morgan fingerprint density at radius 1 is 0.880 bits per heavy atom. The Balaban J connectivity index is 1.59. The molecule has 3 aliphatic rings. The summed E-state index contributed by atoms with van der Waals surface area (Å²) in [4.78, 5) is 69.6. The topological polar surface area (TPSA) is 177 Å². The molecule has 0 saturated carbocycles. The van der Waals surface area contributed by atoms with Gasteiger partial charge in [-0.2, -0.15) is 0 Å². The summed E-state index contributed by atoms with van der Waals surface area (Å²) >= 11 is 0. The molecule has 13 nitrogen and oxygen atoms in total. The number of cyclic esters (lactones) is 1. The molecule has 0 amide bonds. The third-order valence-corrected chi connectivity index (χ3v) is 10.4. The largest absolute Gasteiger partial charge is 0.507 e. The van der Waals surface area contributed by atoms with Crippen LogP contribution in [0.3, 0.4) is 0 Å². The standard InChI is InChI=1S/C37H29NO12/c1-13-7-18(40)25-24-17(11-38(35(25)44)16-9-20(46-4)33(48-6)21(10-16)47-5)31(42)30-27(22(13)24)28-32(43)23-14(2)8-19(41)26-29(23)37(30,12-49-36(26)45)34(28)50-15(3)39/h7-11,28,34,41,44H,12H2,1-6H3/t28-,34-,37-/m0/s1. The maximum atomic E-state index is 15.2. The van der Waals surface area contributed by atoms with Gasteiger partial charge in [-0.3, -0.25) is 23.7 Å². The fourth-order valence-corrected chi connectivity index (χ4v) is 8.58. The zero-order valence-corrected chi connectivity index (χ0v) is 27.7. The van der Waals surface area contributed by atoms with Gasteiger partial charge in [0, 0.05) is 47.2 Å². The van der Waals surface area contributed by atoms with Crippen LogP contribution < -0.4 is 25.1 Å². The number of nitrogens with zero attached hydrogens (tertiary/aromatic N) is 1. The molecule has 254 valence electrons. The van der Waals surface area contributed by atoms with Crippen LogP contribution in [0.5, 0.6) is 28.9 Å². The van der Waals surface area contributed by atoms with Crippen molar-refractivity contribution in [3.8, 4) is 34.6 Å². The Labute approximate surface area is 282 Å². The minimum absolute atomic E-state index is 0.00562. The SMILES string of the molecule is COc1cc(-n2cc3c(=O)c4c(c5c(C)cc(=O)c(c2O)c53)[C@H]2C(=O)c3c(C)cc(O)c5c3[C@]4(COC5=O)[C@H]2OC(C)=O)cc(OC)c1OC. The normalized spacial score (nSPS) is 20.0. The van der Waals surface area contributed by atoms with Gasteiger partial charge in [0.15, 0.2) is 28.1 Å². The van der Waals surface area contributed by atoms with E-state index in [1.54, 1.807) is 13.8 Å². The number of carbonyl (C=O) groups is 3. The number of aromatic nitrogens is 1. The van der Waals surface area contributed by atoms with Crippen molar-refractivity contribution in [1.29, 1.82) is 0 Å². The molecule has 1 spiro atoms. The van der Waals surface area contributed by atoms with Crippen LogP contribution in [-0.2, 0) is 19.7 Å². The van der Waals surface area contributed by atoms with E-state index in [4.69, 9.17) is 23.7 Å². The molecule has 0 fully saturated rings. The first-order chi connectivity index (χ1) is 23.8. The van der Waals surface area contributed by atoms with Gasteiger partial charge >= 0.3 is 11.9 Å². The van der Waals surface area contributed by atoms with E-state index in [-0.39, 0.29) is 66.9 Å². The van der Waals surface area contributed by atoms with Gasteiger partial charge in [-0.15, -0.1) is 0 Å². The second-order valence-electron chi connectivity index (χ2n) is 12.8. The molecule has 2 aliphatic carbocycles. The van der Waals surface area contributed by atoms with Gasteiger partial charge in [-0.25, -0.2) is 4.79 Å². The highest BCUT2D eigenvalue weighted by Gasteiger charge is 2.67. The second kappa shape index (κ2) is 10.2. The molecule has 1 aromatic heterocycles. The van der Waals surface area contributed by atoms with E-state index in [1.165, 1.54) is 63.3 Å². The highest BCUT2D eigenvalue weighted by Crippen LogP contribution is 2.62. The molecule has 3 atom stereocenters. The number of aryl methyl sites for hydroxylation is 2. The molecular weight excluding hydrogens is 650 g/mol. The first kappa shape index (κ1) is 31.2. The summed E-state index contributed by atoms with van der Waals surface area (Å²) in [5.41, 5.74) is -1.76. The van der Waals surface area contributed by atoms with Crippen LogP contribution >= 0.6 is 0 Å². The smallest absolute Gasteiger partial charge is 0.342 e.